The third-order valence-electron chi connectivity index (χ3n) is 3.44. The number of halogens is 1. The summed E-state index contributed by atoms with van der Waals surface area (Å²) in [4.78, 5) is 2.23. The zero-order valence-corrected chi connectivity index (χ0v) is 11.8. The summed E-state index contributed by atoms with van der Waals surface area (Å²) in [5, 5.41) is 3.47. The molecule has 0 bridgehead atoms. The van der Waals surface area contributed by atoms with Gasteiger partial charge in [-0.2, -0.15) is 0 Å². The molecule has 4 heteroatoms. The Morgan fingerprint density at radius 3 is 2.95 bits per heavy atom. The van der Waals surface area contributed by atoms with Crippen LogP contribution in [0.15, 0.2) is 18.2 Å². The Balaban J connectivity index is 1.89. The van der Waals surface area contributed by atoms with Gasteiger partial charge in [-0.1, -0.05) is 6.07 Å². The average molecular weight is 266 g/mol. The molecule has 1 unspecified atom stereocenters. The van der Waals surface area contributed by atoms with Crippen LogP contribution in [0.1, 0.15) is 25.3 Å². The van der Waals surface area contributed by atoms with Gasteiger partial charge in [-0.3, -0.25) is 0 Å². The number of hydrogen-bond donors (Lipinski definition) is 1. The molecule has 1 fully saturated rings. The van der Waals surface area contributed by atoms with E-state index in [9.17, 15) is 4.39 Å². The molecule has 1 aliphatic rings. The Kier molecular flexibility index (Phi) is 5.16. The van der Waals surface area contributed by atoms with E-state index in [0.717, 1.165) is 25.2 Å². The molecule has 0 aliphatic carbocycles. The van der Waals surface area contributed by atoms with Crippen molar-refractivity contribution in [2.75, 3.05) is 26.7 Å². The van der Waals surface area contributed by atoms with Crippen LogP contribution in [0, 0.1) is 5.82 Å². The summed E-state index contributed by atoms with van der Waals surface area (Å²) in [5.74, 6) is 0.0677. The van der Waals surface area contributed by atoms with Crippen LogP contribution in [-0.4, -0.2) is 37.7 Å². The largest absolute Gasteiger partial charge is 0.491 e. The van der Waals surface area contributed by atoms with Crippen LogP contribution in [0.5, 0.6) is 5.75 Å². The van der Waals surface area contributed by atoms with E-state index in [-0.39, 0.29) is 5.82 Å². The van der Waals surface area contributed by atoms with Gasteiger partial charge in [-0.15, -0.1) is 0 Å². The maximum absolute atomic E-state index is 13.7. The van der Waals surface area contributed by atoms with E-state index in [1.807, 2.05) is 13.0 Å². The lowest BCUT2D eigenvalue weighted by atomic mass is 10.1. The summed E-state index contributed by atoms with van der Waals surface area (Å²) in [6.07, 6.45) is 2.50. The number of rotatable bonds is 6. The summed E-state index contributed by atoms with van der Waals surface area (Å²) in [6, 6.07) is 5.81. The van der Waals surface area contributed by atoms with E-state index in [1.54, 1.807) is 12.1 Å². The molecular weight excluding hydrogens is 243 g/mol. The van der Waals surface area contributed by atoms with Crippen molar-refractivity contribution < 1.29 is 9.13 Å². The fourth-order valence-corrected chi connectivity index (χ4v) is 2.58. The van der Waals surface area contributed by atoms with Gasteiger partial charge in [0.2, 0.25) is 0 Å². The molecule has 0 radical (unpaired) electrons. The van der Waals surface area contributed by atoms with Gasteiger partial charge in [0.25, 0.3) is 0 Å². The van der Waals surface area contributed by atoms with Crippen molar-refractivity contribution in [1.82, 2.24) is 10.2 Å². The molecule has 0 aromatic heterocycles. The first-order chi connectivity index (χ1) is 9.19. The Morgan fingerprint density at radius 1 is 1.47 bits per heavy atom. The van der Waals surface area contributed by atoms with Gasteiger partial charge in [0.1, 0.15) is 0 Å². The second-order valence-corrected chi connectivity index (χ2v) is 5.19. The second kappa shape index (κ2) is 6.87. The quantitative estimate of drug-likeness (QED) is 0.855. The number of hydrogen-bond acceptors (Lipinski definition) is 3. The first kappa shape index (κ1) is 14.3. The minimum Gasteiger partial charge on any atom is -0.491 e. The summed E-state index contributed by atoms with van der Waals surface area (Å²) in [5.41, 5.74) is 0.987. The second-order valence-electron chi connectivity index (χ2n) is 5.19. The molecular formula is C15H23FN2O. The fraction of sp³-hybridized carbons (Fsp3) is 0.600. The van der Waals surface area contributed by atoms with E-state index < -0.39 is 0 Å². The average Bonchev–Trinajstić information content (AvgIpc) is 2.85. The molecule has 1 heterocycles. The number of likely N-dealkylation sites (N-methyl/N-ethyl adjacent to an activating group) is 1. The van der Waals surface area contributed by atoms with Crippen LogP contribution >= 0.6 is 0 Å². The summed E-state index contributed by atoms with van der Waals surface area (Å²) in [7, 11) is 2.08. The predicted molar refractivity (Wildman–Crippen MR) is 74.9 cm³/mol. The lowest BCUT2D eigenvalue weighted by molar-refractivity contribution is 0.291. The van der Waals surface area contributed by atoms with Crippen LogP contribution in [0.3, 0.4) is 0 Å². The van der Waals surface area contributed by atoms with Gasteiger partial charge in [0, 0.05) is 19.1 Å². The normalized spacial score (nSPS) is 19.1. The number of nitrogens with zero attached hydrogens (tertiary/aromatic N) is 1. The fourth-order valence-electron chi connectivity index (χ4n) is 2.58. The van der Waals surface area contributed by atoms with Crippen LogP contribution in [0.25, 0.3) is 0 Å². The molecule has 1 atom stereocenters. The highest BCUT2D eigenvalue weighted by atomic mass is 19.1. The molecule has 1 aromatic rings. The molecule has 1 N–H and O–H groups in total. The maximum Gasteiger partial charge on any atom is 0.165 e. The third kappa shape index (κ3) is 4.18. The van der Waals surface area contributed by atoms with Gasteiger partial charge in [0.15, 0.2) is 11.6 Å². The summed E-state index contributed by atoms with van der Waals surface area (Å²) >= 11 is 0. The van der Waals surface area contributed by atoms with Crippen LogP contribution in [0.4, 0.5) is 4.39 Å². The lowest BCUT2D eigenvalue weighted by Crippen LogP contribution is -2.34. The van der Waals surface area contributed by atoms with E-state index >= 15 is 0 Å². The summed E-state index contributed by atoms with van der Waals surface area (Å²) < 4.78 is 18.9. The molecule has 0 amide bonds. The van der Waals surface area contributed by atoms with Crippen molar-refractivity contribution in [3.8, 4) is 5.75 Å². The monoisotopic (exact) mass is 266 g/mol. The van der Waals surface area contributed by atoms with Crippen LogP contribution in [-0.2, 0) is 6.54 Å². The van der Waals surface area contributed by atoms with Crippen LogP contribution in [0.2, 0.25) is 0 Å². The first-order valence-corrected chi connectivity index (χ1v) is 7.02. The molecule has 1 saturated heterocycles. The minimum atomic E-state index is -0.272. The molecule has 0 saturated carbocycles. The van der Waals surface area contributed by atoms with E-state index in [2.05, 4.69) is 17.3 Å². The standard InChI is InChI=1S/C15H23FN2O/c1-3-19-15-7-6-12(9-14(15)16)10-18(2)11-13-5-4-8-17-13/h6-7,9,13,17H,3-5,8,10-11H2,1-2H3. The predicted octanol–water partition coefficient (Wildman–Crippen LogP) is 2.41. The van der Waals surface area contributed by atoms with Gasteiger partial charge in [-0.25, -0.2) is 4.39 Å². The molecule has 2 rings (SSSR count). The van der Waals surface area contributed by atoms with Crippen molar-refractivity contribution in [2.45, 2.75) is 32.4 Å². The van der Waals surface area contributed by atoms with E-state index in [4.69, 9.17) is 4.74 Å². The number of benzene rings is 1. The van der Waals surface area contributed by atoms with Gasteiger partial charge < -0.3 is 15.0 Å². The van der Waals surface area contributed by atoms with Gasteiger partial charge in [-0.05, 0) is 51.1 Å². The lowest BCUT2D eigenvalue weighted by Gasteiger charge is -2.21. The number of ether oxygens (including phenoxy) is 1. The molecule has 19 heavy (non-hydrogen) atoms. The van der Waals surface area contributed by atoms with Crippen LogP contribution < -0.4 is 10.1 Å². The Hall–Kier alpha value is -1.13. The molecule has 0 spiro atoms. The minimum absolute atomic E-state index is 0.272. The zero-order valence-electron chi connectivity index (χ0n) is 11.8. The van der Waals surface area contributed by atoms with Crippen molar-refractivity contribution >= 4 is 0 Å². The Morgan fingerprint density at radius 2 is 2.32 bits per heavy atom. The topological polar surface area (TPSA) is 24.5 Å². The molecule has 3 nitrogen and oxygen atoms in total. The highest BCUT2D eigenvalue weighted by molar-refractivity contribution is 5.29. The summed E-state index contributed by atoms with van der Waals surface area (Å²) in [6.45, 7) is 5.24. The van der Waals surface area contributed by atoms with Crippen molar-refractivity contribution in [3.63, 3.8) is 0 Å². The van der Waals surface area contributed by atoms with Crippen molar-refractivity contribution in [3.05, 3.63) is 29.6 Å². The first-order valence-electron chi connectivity index (χ1n) is 7.02. The zero-order chi connectivity index (χ0) is 13.7. The highest BCUT2D eigenvalue weighted by Gasteiger charge is 2.16. The molecule has 106 valence electrons. The maximum atomic E-state index is 13.7. The van der Waals surface area contributed by atoms with Crippen molar-refractivity contribution in [2.24, 2.45) is 0 Å². The SMILES string of the molecule is CCOc1ccc(CN(C)CC2CCCN2)cc1F. The third-order valence-corrected chi connectivity index (χ3v) is 3.44. The smallest absolute Gasteiger partial charge is 0.165 e. The van der Waals surface area contributed by atoms with Gasteiger partial charge in [0.05, 0.1) is 6.61 Å². The van der Waals surface area contributed by atoms with Gasteiger partial charge >= 0.3 is 0 Å². The molecule has 1 aromatic carbocycles. The number of nitrogens with one attached hydrogen (secondary N) is 1. The highest BCUT2D eigenvalue weighted by Crippen LogP contribution is 2.19. The Bertz CT molecular complexity index is 405. The van der Waals surface area contributed by atoms with E-state index in [1.165, 1.54) is 12.8 Å². The van der Waals surface area contributed by atoms with Crippen molar-refractivity contribution in [1.29, 1.82) is 0 Å². The Labute approximate surface area is 114 Å². The van der Waals surface area contributed by atoms with E-state index in [0.29, 0.717) is 18.4 Å². The molecule has 1 aliphatic heterocycles.